The number of hydrogen-bond acceptors (Lipinski definition) is 7. The van der Waals surface area contributed by atoms with Gasteiger partial charge in [-0.25, -0.2) is 9.48 Å². The summed E-state index contributed by atoms with van der Waals surface area (Å²) in [7, 11) is 1.56. The lowest BCUT2D eigenvalue weighted by Crippen LogP contribution is -2.30. The van der Waals surface area contributed by atoms with Crippen LogP contribution in [0.2, 0.25) is 5.02 Å². The molecule has 1 N–H and O–H groups in total. The third kappa shape index (κ3) is 4.76. The summed E-state index contributed by atoms with van der Waals surface area (Å²) in [5.74, 6) is 1.11. The van der Waals surface area contributed by atoms with Gasteiger partial charge in [-0.2, -0.15) is 10.1 Å². The number of allylic oxidation sites excluding steroid dienone is 1. The molecule has 0 saturated heterocycles. The van der Waals surface area contributed by atoms with Crippen LogP contribution in [0, 0.1) is 0 Å². The molecule has 178 valence electrons. The Hall–Kier alpha value is -3.04. The lowest BCUT2D eigenvalue weighted by Gasteiger charge is -2.29. The van der Waals surface area contributed by atoms with Crippen LogP contribution in [0.25, 0.3) is 0 Å². The highest BCUT2D eigenvalue weighted by molar-refractivity contribution is 9.10. The van der Waals surface area contributed by atoms with Crippen molar-refractivity contribution in [3.8, 4) is 11.5 Å². The zero-order chi connectivity index (χ0) is 24.4. The van der Waals surface area contributed by atoms with Crippen molar-refractivity contribution in [1.82, 2.24) is 14.8 Å². The van der Waals surface area contributed by atoms with Crippen molar-refractivity contribution in [2.75, 3.05) is 12.4 Å². The van der Waals surface area contributed by atoms with Crippen molar-refractivity contribution in [2.24, 2.45) is 0 Å². The summed E-state index contributed by atoms with van der Waals surface area (Å²) >= 11 is 9.88. The molecular weight excluding hydrogens is 524 g/mol. The monoisotopic (exact) mass is 546 g/mol. The number of nitrogens with zero attached hydrogens (tertiary/aromatic N) is 3. The lowest BCUT2D eigenvalue weighted by atomic mass is 9.95. The second-order valence-electron chi connectivity index (χ2n) is 7.96. The highest BCUT2D eigenvalue weighted by atomic mass is 79.9. The fourth-order valence-corrected chi connectivity index (χ4v) is 4.51. The quantitative estimate of drug-likeness (QED) is 0.390. The van der Waals surface area contributed by atoms with E-state index in [2.05, 4.69) is 31.3 Å². The number of hydrogen-bond donors (Lipinski definition) is 1. The summed E-state index contributed by atoms with van der Waals surface area (Å²) in [6, 6.07) is 10.6. The van der Waals surface area contributed by atoms with E-state index in [0.717, 1.165) is 11.1 Å². The van der Waals surface area contributed by atoms with Gasteiger partial charge in [0.05, 0.1) is 23.3 Å². The van der Waals surface area contributed by atoms with Gasteiger partial charge in [0.1, 0.15) is 19.0 Å². The molecule has 10 heteroatoms. The predicted molar refractivity (Wildman–Crippen MR) is 132 cm³/mol. The molecule has 34 heavy (non-hydrogen) atoms. The van der Waals surface area contributed by atoms with Gasteiger partial charge in [0.2, 0.25) is 5.95 Å². The van der Waals surface area contributed by atoms with Gasteiger partial charge in [-0.15, -0.1) is 0 Å². The lowest BCUT2D eigenvalue weighted by molar-refractivity contribution is -0.143. The number of methoxy groups -OCH3 is 1. The Morgan fingerprint density at radius 2 is 2.06 bits per heavy atom. The summed E-state index contributed by atoms with van der Waals surface area (Å²) < 4.78 is 19.6. The number of esters is 1. The maximum absolute atomic E-state index is 13.1. The summed E-state index contributed by atoms with van der Waals surface area (Å²) in [6.45, 7) is 5.70. The molecule has 0 radical (unpaired) electrons. The van der Waals surface area contributed by atoms with E-state index in [1.165, 1.54) is 6.33 Å². The van der Waals surface area contributed by atoms with E-state index in [9.17, 15) is 4.79 Å². The molecule has 2 aromatic carbocycles. The van der Waals surface area contributed by atoms with Crippen LogP contribution in [0.15, 0.2) is 58.5 Å². The highest BCUT2D eigenvalue weighted by Crippen LogP contribution is 2.43. The molecule has 0 amide bonds. The molecule has 0 spiro atoms. The number of rotatable bonds is 7. The molecule has 3 aromatic rings. The van der Waals surface area contributed by atoms with Crippen LogP contribution in [0.4, 0.5) is 5.95 Å². The van der Waals surface area contributed by atoms with Gasteiger partial charge in [-0.1, -0.05) is 29.8 Å². The number of carbonyl (C=O) groups excluding carboxylic acids is 1. The summed E-state index contributed by atoms with van der Waals surface area (Å²) in [4.78, 5) is 17.3. The molecule has 0 bridgehead atoms. The molecule has 0 aliphatic carbocycles. The Morgan fingerprint density at radius 3 is 2.76 bits per heavy atom. The number of halogens is 2. The number of aromatic nitrogens is 3. The van der Waals surface area contributed by atoms with Crippen molar-refractivity contribution >= 4 is 39.4 Å². The van der Waals surface area contributed by atoms with Gasteiger partial charge in [0, 0.05) is 16.3 Å². The fraction of sp³-hybridized carbons (Fsp3) is 0.292. The Kier molecular flexibility index (Phi) is 7.13. The average molecular weight is 548 g/mol. The van der Waals surface area contributed by atoms with E-state index < -0.39 is 12.0 Å². The van der Waals surface area contributed by atoms with Crippen LogP contribution < -0.4 is 14.8 Å². The summed E-state index contributed by atoms with van der Waals surface area (Å²) in [5, 5.41) is 8.11. The maximum Gasteiger partial charge on any atom is 0.338 e. The van der Waals surface area contributed by atoms with Crippen molar-refractivity contribution < 1.29 is 19.0 Å². The van der Waals surface area contributed by atoms with Gasteiger partial charge >= 0.3 is 5.97 Å². The van der Waals surface area contributed by atoms with Crippen LogP contribution >= 0.6 is 27.5 Å². The minimum Gasteiger partial charge on any atom is -0.493 e. The minimum atomic E-state index is -0.576. The number of carbonyl (C=O) groups is 1. The van der Waals surface area contributed by atoms with Crippen molar-refractivity contribution in [3.63, 3.8) is 0 Å². The zero-order valence-electron chi connectivity index (χ0n) is 19.1. The fourth-order valence-electron chi connectivity index (χ4n) is 3.74. The van der Waals surface area contributed by atoms with E-state index in [1.54, 1.807) is 11.8 Å². The first-order chi connectivity index (χ1) is 16.3. The summed E-state index contributed by atoms with van der Waals surface area (Å²) in [5.41, 5.74) is 2.68. The highest BCUT2D eigenvalue weighted by Gasteiger charge is 2.35. The number of benzene rings is 2. The normalized spacial score (nSPS) is 15.1. The molecule has 1 aromatic heterocycles. The molecular formula is C24H24BrClN4O4. The number of nitrogens with one attached hydrogen (secondary N) is 1. The standard InChI is InChI=1S/C24H24BrClN4O4/c1-13(2)34-23(31)20-14(3)29-24-27-12-28-30(24)21(20)16-9-17(25)22(19(10-16)32-4)33-11-15-7-5-6-8-18(15)26/h5-10,12-13,21H,11H2,1-4H3,(H,27,28,29)/t21-/m0/s1. The number of fused-ring (bicyclic) bond motifs is 1. The molecule has 1 atom stereocenters. The third-order valence-corrected chi connectivity index (χ3v) is 6.21. The first-order valence-electron chi connectivity index (χ1n) is 10.6. The number of anilines is 1. The second kappa shape index (κ2) is 10.1. The third-order valence-electron chi connectivity index (χ3n) is 5.25. The largest absolute Gasteiger partial charge is 0.493 e. The number of ether oxygens (including phenoxy) is 3. The second-order valence-corrected chi connectivity index (χ2v) is 9.22. The average Bonchev–Trinajstić information content (AvgIpc) is 3.25. The van der Waals surface area contributed by atoms with E-state index in [4.69, 9.17) is 25.8 Å². The molecule has 0 fully saturated rings. The molecule has 2 heterocycles. The Balaban J connectivity index is 1.74. The van der Waals surface area contributed by atoms with Gasteiger partial charge in [-0.3, -0.25) is 0 Å². The molecule has 0 saturated carbocycles. The van der Waals surface area contributed by atoms with Gasteiger partial charge < -0.3 is 19.5 Å². The van der Waals surface area contributed by atoms with Crippen molar-refractivity contribution in [1.29, 1.82) is 0 Å². The molecule has 4 rings (SSSR count). The zero-order valence-corrected chi connectivity index (χ0v) is 21.5. The first-order valence-corrected chi connectivity index (χ1v) is 11.8. The Morgan fingerprint density at radius 1 is 1.29 bits per heavy atom. The van der Waals surface area contributed by atoms with Gasteiger partial charge in [0.25, 0.3) is 0 Å². The summed E-state index contributed by atoms with van der Waals surface area (Å²) in [6.07, 6.45) is 1.17. The molecule has 0 unspecified atom stereocenters. The maximum atomic E-state index is 13.1. The van der Waals surface area contributed by atoms with E-state index in [0.29, 0.717) is 38.2 Å². The smallest absolute Gasteiger partial charge is 0.338 e. The van der Waals surface area contributed by atoms with E-state index in [-0.39, 0.29) is 12.7 Å². The van der Waals surface area contributed by atoms with Crippen LogP contribution in [0.3, 0.4) is 0 Å². The van der Waals surface area contributed by atoms with E-state index in [1.807, 2.05) is 57.2 Å². The first kappa shape index (κ1) is 24.1. The Bertz CT molecular complexity index is 1260. The Labute approximate surface area is 211 Å². The van der Waals surface area contributed by atoms with Gasteiger partial charge in [0.15, 0.2) is 11.5 Å². The van der Waals surface area contributed by atoms with Crippen LogP contribution in [0.1, 0.15) is 37.9 Å². The predicted octanol–water partition coefficient (Wildman–Crippen LogP) is 5.52. The van der Waals surface area contributed by atoms with Gasteiger partial charge in [-0.05, 0) is 60.5 Å². The topological polar surface area (TPSA) is 87.5 Å². The SMILES string of the molecule is COc1cc([C@H]2C(C(=O)OC(C)C)=C(C)Nc3ncnn32)cc(Br)c1OCc1ccccc1Cl. The van der Waals surface area contributed by atoms with Crippen LogP contribution in [-0.2, 0) is 16.1 Å². The molecule has 1 aliphatic heterocycles. The van der Waals surface area contributed by atoms with Crippen LogP contribution in [0.5, 0.6) is 11.5 Å². The van der Waals surface area contributed by atoms with Crippen LogP contribution in [-0.4, -0.2) is 33.9 Å². The molecule has 1 aliphatic rings. The van der Waals surface area contributed by atoms with Crippen molar-refractivity contribution in [3.05, 3.63) is 74.6 Å². The minimum absolute atomic E-state index is 0.263. The van der Waals surface area contributed by atoms with E-state index >= 15 is 0 Å². The molecule has 8 nitrogen and oxygen atoms in total. The van der Waals surface area contributed by atoms with Crippen molar-refractivity contribution in [2.45, 2.75) is 39.5 Å².